The highest BCUT2D eigenvalue weighted by Gasteiger charge is 2.71. The molecule has 0 spiro atoms. The average molecular weight is 155 g/mol. The highest BCUT2D eigenvalue weighted by atomic mass is 16.3. The second-order valence-electron chi connectivity index (χ2n) is 4.23. The maximum Gasteiger partial charge on any atom is 0.228 e. The summed E-state index contributed by atoms with van der Waals surface area (Å²) in [6.45, 7) is 0. The fourth-order valence-electron chi connectivity index (χ4n) is 2.44. The van der Waals surface area contributed by atoms with E-state index in [0.717, 1.165) is 0 Å². The molecule has 3 aliphatic carbocycles. The maximum absolute atomic E-state index is 11.4. The Morgan fingerprint density at radius 3 is 2.09 bits per heavy atom. The zero-order valence-electron chi connectivity index (χ0n) is 6.92. The van der Waals surface area contributed by atoms with Crippen molar-refractivity contribution in [2.24, 2.45) is 5.41 Å². The van der Waals surface area contributed by atoms with Gasteiger partial charge in [0, 0.05) is 14.1 Å². The van der Waals surface area contributed by atoms with Gasteiger partial charge in [-0.15, -0.1) is 0 Å². The van der Waals surface area contributed by atoms with Gasteiger partial charge in [-0.2, -0.15) is 0 Å². The third kappa shape index (κ3) is 0.692. The zero-order chi connectivity index (χ0) is 8.28. The van der Waals surface area contributed by atoms with E-state index in [1.807, 2.05) is 0 Å². The Morgan fingerprint density at radius 1 is 1.36 bits per heavy atom. The molecule has 0 unspecified atom stereocenters. The molecule has 0 heterocycles. The summed E-state index contributed by atoms with van der Waals surface area (Å²) < 4.78 is 0. The van der Waals surface area contributed by atoms with Crippen LogP contribution in [0.1, 0.15) is 19.3 Å². The quantitative estimate of drug-likeness (QED) is 0.578. The summed E-state index contributed by atoms with van der Waals surface area (Å²) >= 11 is 0. The molecule has 0 atom stereocenters. The molecule has 11 heavy (non-hydrogen) atoms. The van der Waals surface area contributed by atoms with E-state index in [4.69, 9.17) is 0 Å². The first-order valence-corrected chi connectivity index (χ1v) is 3.92. The molecule has 0 aromatic heterocycles. The molecule has 0 aromatic rings. The van der Waals surface area contributed by atoms with Crippen molar-refractivity contribution in [1.82, 2.24) is 4.90 Å². The lowest BCUT2D eigenvalue weighted by molar-refractivity contribution is -0.254. The largest absolute Gasteiger partial charge is 0.390 e. The van der Waals surface area contributed by atoms with E-state index in [2.05, 4.69) is 0 Å². The van der Waals surface area contributed by atoms with Gasteiger partial charge in [0.1, 0.15) is 0 Å². The molecule has 0 saturated heterocycles. The standard InChI is InChI=1S/C8H13NO2/c1-9(2)6(10)7-3-8(11,4-7)5-7/h11H,3-5H2,1-2H3. The summed E-state index contributed by atoms with van der Waals surface area (Å²) in [5, 5.41) is 9.40. The van der Waals surface area contributed by atoms with Crippen LogP contribution >= 0.6 is 0 Å². The lowest BCUT2D eigenvalue weighted by Gasteiger charge is -2.66. The lowest BCUT2D eigenvalue weighted by Crippen LogP contribution is -2.71. The molecular weight excluding hydrogens is 142 g/mol. The third-order valence-corrected chi connectivity index (χ3v) is 2.86. The van der Waals surface area contributed by atoms with Crippen LogP contribution in [-0.4, -0.2) is 35.6 Å². The number of hydrogen-bond acceptors (Lipinski definition) is 2. The Bertz CT molecular complexity index is 202. The molecule has 2 bridgehead atoms. The lowest BCUT2D eigenvalue weighted by atomic mass is 9.41. The number of hydrogen-bond donors (Lipinski definition) is 1. The van der Waals surface area contributed by atoms with E-state index in [9.17, 15) is 9.90 Å². The molecule has 3 aliphatic rings. The van der Waals surface area contributed by atoms with E-state index in [-0.39, 0.29) is 11.3 Å². The highest BCUT2D eigenvalue weighted by Crippen LogP contribution is 2.67. The molecule has 62 valence electrons. The van der Waals surface area contributed by atoms with Gasteiger partial charge in [-0.25, -0.2) is 0 Å². The SMILES string of the molecule is CN(C)C(=O)C12CC(O)(C1)C2. The van der Waals surface area contributed by atoms with Crippen molar-refractivity contribution in [1.29, 1.82) is 0 Å². The number of aliphatic hydroxyl groups is 1. The summed E-state index contributed by atoms with van der Waals surface area (Å²) in [7, 11) is 3.54. The zero-order valence-corrected chi connectivity index (χ0v) is 6.92. The fraction of sp³-hybridized carbons (Fsp3) is 0.875. The van der Waals surface area contributed by atoms with Crippen LogP contribution in [-0.2, 0) is 4.79 Å². The van der Waals surface area contributed by atoms with Crippen LogP contribution in [0.15, 0.2) is 0 Å². The Hall–Kier alpha value is -0.570. The minimum Gasteiger partial charge on any atom is -0.390 e. The van der Waals surface area contributed by atoms with Crippen molar-refractivity contribution < 1.29 is 9.90 Å². The smallest absolute Gasteiger partial charge is 0.228 e. The summed E-state index contributed by atoms with van der Waals surface area (Å²) in [5.74, 6) is 0.188. The van der Waals surface area contributed by atoms with Crippen LogP contribution in [0.25, 0.3) is 0 Å². The van der Waals surface area contributed by atoms with Gasteiger partial charge in [0.05, 0.1) is 11.0 Å². The van der Waals surface area contributed by atoms with E-state index in [1.54, 1.807) is 19.0 Å². The van der Waals surface area contributed by atoms with Crippen LogP contribution in [0.2, 0.25) is 0 Å². The topological polar surface area (TPSA) is 40.5 Å². The second kappa shape index (κ2) is 1.61. The van der Waals surface area contributed by atoms with Crippen LogP contribution in [0.3, 0.4) is 0 Å². The van der Waals surface area contributed by atoms with Crippen molar-refractivity contribution in [3.05, 3.63) is 0 Å². The van der Waals surface area contributed by atoms with Gasteiger partial charge in [0.15, 0.2) is 0 Å². The Morgan fingerprint density at radius 2 is 1.82 bits per heavy atom. The Balaban J connectivity index is 2.04. The van der Waals surface area contributed by atoms with Crippen molar-refractivity contribution in [2.75, 3.05) is 14.1 Å². The van der Waals surface area contributed by atoms with E-state index in [1.165, 1.54) is 0 Å². The number of carbonyl (C=O) groups excluding carboxylic acids is 1. The molecule has 1 N–H and O–H groups in total. The van der Waals surface area contributed by atoms with Crippen molar-refractivity contribution in [2.45, 2.75) is 24.9 Å². The molecule has 3 heteroatoms. The molecule has 3 saturated carbocycles. The summed E-state index contributed by atoms with van der Waals surface area (Å²) in [5.41, 5.74) is -0.607. The summed E-state index contributed by atoms with van der Waals surface area (Å²) in [6, 6.07) is 0. The van der Waals surface area contributed by atoms with Gasteiger partial charge < -0.3 is 10.0 Å². The van der Waals surface area contributed by atoms with E-state index >= 15 is 0 Å². The van der Waals surface area contributed by atoms with E-state index < -0.39 is 5.60 Å². The number of nitrogens with zero attached hydrogens (tertiary/aromatic N) is 1. The average Bonchev–Trinajstić information content (AvgIpc) is 1.77. The molecular formula is C8H13NO2. The Kier molecular flexibility index (Phi) is 1.04. The number of carbonyl (C=O) groups is 1. The van der Waals surface area contributed by atoms with Crippen LogP contribution in [0.5, 0.6) is 0 Å². The normalized spacial score (nSPS) is 45.7. The predicted molar refractivity (Wildman–Crippen MR) is 39.9 cm³/mol. The van der Waals surface area contributed by atoms with Gasteiger partial charge in [-0.1, -0.05) is 0 Å². The van der Waals surface area contributed by atoms with Gasteiger partial charge in [-0.3, -0.25) is 4.79 Å². The van der Waals surface area contributed by atoms with Gasteiger partial charge in [0.25, 0.3) is 0 Å². The van der Waals surface area contributed by atoms with Crippen LogP contribution in [0.4, 0.5) is 0 Å². The molecule has 3 rings (SSSR count). The minimum atomic E-state index is -0.453. The minimum absolute atomic E-state index is 0.155. The van der Waals surface area contributed by atoms with Gasteiger partial charge in [0.2, 0.25) is 5.91 Å². The van der Waals surface area contributed by atoms with Crippen LogP contribution < -0.4 is 0 Å². The fourth-order valence-corrected chi connectivity index (χ4v) is 2.44. The van der Waals surface area contributed by atoms with Crippen molar-refractivity contribution in [3.63, 3.8) is 0 Å². The van der Waals surface area contributed by atoms with Crippen LogP contribution in [0, 0.1) is 5.41 Å². The number of amides is 1. The first kappa shape index (κ1) is 7.10. The molecule has 0 aromatic carbocycles. The van der Waals surface area contributed by atoms with Gasteiger partial charge in [-0.05, 0) is 19.3 Å². The first-order chi connectivity index (χ1) is 4.98. The molecule has 3 fully saturated rings. The highest BCUT2D eigenvalue weighted by molar-refractivity contribution is 5.86. The van der Waals surface area contributed by atoms with Gasteiger partial charge >= 0.3 is 0 Å². The second-order valence-corrected chi connectivity index (χ2v) is 4.23. The first-order valence-electron chi connectivity index (χ1n) is 3.92. The Labute approximate surface area is 66.0 Å². The van der Waals surface area contributed by atoms with E-state index in [0.29, 0.717) is 19.3 Å². The predicted octanol–water partition coefficient (Wildman–Crippen LogP) is -0.0104. The summed E-state index contributed by atoms with van der Waals surface area (Å²) in [4.78, 5) is 13.1. The monoisotopic (exact) mass is 155 g/mol. The number of rotatable bonds is 1. The van der Waals surface area contributed by atoms with Crippen molar-refractivity contribution >= 4 is 5.91 Å². The molecule has 3 nitrogen and oxygen atoms in total. The third-order valence-electron chi connectivity index (χ3n) is 2.86. The molecule has 0 aliphatic heterocycles. The molecule has 1 amide bonds. The van der Waals surface area contributed by atoms with Crippen molar-refractivity contribution in [3.8, 4) is 0 Å². The summed E-state index contributed by atoms with van der Waals surface area (Å²) in [6.07, 6.45) is 2.07. The maximum atomic E-state index is 11.4. The molecule has 0 radical (unpaired) electrons.